The number of piperidine rings is 1. The molecule has 6 heteroatoms. The molecule has 0 aromatic carbocycles. The minimum absolute atomic E-state index is 0.0792. The lowest BCUT2D eigenvalue weighted by atomic mass is 9.56. The van der Waals surface area contributed by atoms with E-state index in [2.05, 4.69) is 0 Å². The first-order valence-electron chi connectivity index (χ1n) is 7.58. The molecule has 0 aromatic rings. The van der Waals surface area contributed by atoms with Crippen LogP contribution in [0.15, 0.2) is 0 Å². The zero-order valence-electron chi connectivity index (χ0n) is 13.1. The van der Waals surface area contributed by atoms with Gasteiger partial charge in [0, 0.05) is 13.1 Å². The molecule has 1 aliphatic heterocycles. The van der Waals surface area contributed by atoms with Crippen molar-refractivity contribution in [2.24, 2.45) is 17.1 Å². The van der Waals surface area contributed by atoms with Gasteiger partial charge in [-0.2, -0.15) is 0 Å². The number of amides is 1. The number of ether oxygens (including phenoxy) is 1. The summed E-state index contributed by atoms with van der Waals surface area (Å²) in [6.07, 6.45) is 3.30. The maximum atomic E-state index is 12.0. The fourth-order valence-electron chi connectivity index (χ4n) is 3.41. The molecule has 2 aliphatic rings. The topological polar surface area (TPSA) is 92.9 Å². The molecule has 2 fully saturated rings. The van der Waals surface area contributed by atoms with Crippen molar-refractivity contribution in [3.8, 4) is 0 Å². The summed E-state index contributed by atoms with van der Waals surface area (Å²) in [5, 5.41) is 8.93. The van der Waals surface area contributed by atoms with Crippen LogP contribution in [0.2, 0.25) is 0 Å². The van der Waals surface area contributed by atoms with E-state index < -0.39 is 17.6 Å². The maximum Gasteiger partial charge on any atom is 0.410 e. The molecule has 0 radical (unpaired) electrons. The van der Waals surface area contributed by atoms with Crippen LogP contribution in [0, 0.1) is 11.3 Å². The molecule has 1 saturated carbocycles. The molecular formula is C15H26N2O4. The van der Waals surface area contributed by atoms with Gasteiger partial charge in [-0.05, 0) is 57.8 Å². The Kier molecular flexibility index (Phi) is 4.19. The predicted molar refractivity (Wildman–Crippen MR) is 77.8 cm³/mol. The van der Waals surface area contributed by atoms with Crippen LogP contribution in [0.3, 0.4) is 0 Å². The van der Waals surface area contributed by atoms with Gasteiger partial charge >= 0.3 is 12.1 Å². The predicted octanol–water partition coefficient (Wildman–Crippen LogP) is 1.83. The number of aliphatic carboxylic acids is 1. The van der Waals surface area contributed by atoms with Gasteiger partial charge in [0.25, 0.3) is 0 Å². The van der Waals surface area contributed by atoms with Crippen LogP contribution in [0.1, 0.15) is 46.5 Å². The molecule has 120 valence electrons. The van der Waals surface area contributed by atoms with Gasteiger partial charge in [-0.15, -0.1) is 0 Å². The van der Waals surface area contributed by atoms with E-state index in [0.29, 0.717) is 13.1 Å². The first kappa shape index (κ1) is 16.1. The van der Waals surface area contributed by atoms with Crippen molar-refractivity contribution in [2.75, 3.05) is 13.1 Å². The zero-order valence-corrected chi connectivity index (χ0v) is 13.1. The molecule has 1 heterocycles. The second-order valence-corrected chi connectivity index (χ2v) is 7.50. The van der Waals surface area contributed by atoms with Crippen molar-refractivity contribution in [3.63, 3.8) is 0 Å². The van der Waals surface area contributed by atoms with Crippen LogP contribution in [0.5, 0.6) is 0 Å². The molecule has 2 rings (SSSR count). The summed E-state index contributed by atoms with van der Waals surface area (Å²) in [7, 11) is 0. The van der Waals surface area contributed by atoms with Crippen LogP contribution < -0.4 is 5.73 Å². The highest BCUT2D eigenvalue weighted by Crippen LogP contribution is 2.53. The molecule has 0 aromatic heterocycles. The normalized spacial score (nSPS) is 23.5. The van der Waals surface area contributed by atoms with Gasteiger partial charge in [0.15, 0.2) is 0 Å². The number of hydrogen-bond donors (Lipinski definition) is 2. The summed E-state index contributed by atoms with van der Waals surface area (Å²) in [6, 6.07) is -0.750. The Morgan fingerprint density at radius 1 is 1.29 bits per heavy atom. The minimum atomic E-state index is -0.916. The van der Waals surface area contributed by atoms with E-state index in [9.17, 15) is 9.59 Å². The maximum absolute atomic E-state index is 12.0. The van der Waals surface area contributed by atoms with Gasteiger partial charge in [-0.1, -0.05) is 0 Å². The summed E-state index contributed by atoms with van der Waals surface area (Å²) < 4.78 is 5.38. The van der Waals surface area contributed by atoms with E-state index in [1.54, 1.807) is 4.90 Å². The number of hydrogen-bond acceptors (Lipinski definition) is 4. The van der Waals surface area contributed by atoms with Crippen molar-refractivity contribution in [3.05, 3.63) is 0 Å². The second kappa shape index (κ2) is 5.48. The fourth-order valence-corrected chi connectivity index (χ4v) is 3.41. The molecule has 6 nitrogen and oxygen atoms in total. The highest BCUT2D eigenvalue weighted by Gasteiger charge is 2.49. The van der Waals surface area contributed by atoms with Crippen molar-refractivity contribution in [2.45, 2.75) is 58.1 Å². The largest absolute Gasteiger partial charge is 0.480 e. The van der Waals surface area contributed by atoms with E-state index in [4.69, 9.17) is 15.6 Å². The van der Waals surface area contributed by atoms with Gasteiger partial charge in [0.05, 0.1) is 0 Å². The summed E-state index contributed by atoms with van der Waals surface area (Å²) in [6.45, 7) is 6.95. The number of likely N-dealkylation sites (tertiary alicyclic amines) is 1. The van der Waals surface area contributed by atoms with Crippen LogP contribution in [0.4, 0.5) is 4.79 Å². The third-order valence-corrected chi connectivity index (χ3v) is 4.66. The van der Waals surface area contributed by atoms with Crippen LogP contribution in [0.25, 0.3) is 0 Å². The number of nitrogens with zero attached hydrogens (tertiary/aromatic N) is 1. The van der Waals surface area contributed by atoms with E-state index in [0.717, 1.165) is 25.7 Å². The van der Waals surface area contributed by atoms with Crippen LogP contribution in [-0.4, -0.2) is 46.8 Å². The zero-order chi connectivity index (χ0) is 15.8. The third-order valence-electron chi connectivity index (χ3n) is 4.66. The summed E-state index contributed by atoms with van der Waals surface area (Å²) in [5.41, 5.74) is 5.39. The van der Waals surface area contributed by atoms with Gasteiger partial charge in [-0.25, -0.2) is 4.79 Å². The molecule has 3 N–H and O–H groups in total. The third kappa shape index (κ3) is 3.67. The molecule has 1 amide bonds. The van der Waals surface area contributed by atoms with E-state index in [1.165, 1.54) is 0 Å². The van der Waals surface area contributed by atoms with Gasteiger partial charge in [-0.3, -0.25) is 4.79 Å². The number of carboxylic acid groups (broad SMARTS) is 1. The smallest absolute Gasteiger partial charge is 0.410 e. The molecule has 0 bridgehead atoms. The summed E-state index contributed by atoms with van der Waals surface area (Å²) in [4.78, 5) is 24.6. The number of carbonyl (C=O) groups excluding carboxylic acids is 1. The van der Waals surface area contributed by atoms with Crippen molar-refractivity contribution >= 4 is 12.1 Å². The quantitative estimate of drug-likeness (QED) is 0.811. The average molecular weight is 298 g/mol. The highest BCUT2D eigenvalue weighted by molar-refractivity contribution is 5.73. The Bertz CT molecular complexity index is 414. The Morgan fingerprint density at radius 3 is 2.24 bits per heavy atom. The van der Waals surface area contributed by atoms with Crippen LogP contribution in [-0.2, 0) is 9.53 Å². The molecule has 1 spiro atoms. The standard InChI is InChI=1S/C15H26N2O4/c1-14(2,3)21-13(20)17-6-4-15(5-7-17)8-10(9-15)11(16)12(18)19/h10-11H,4-9,16H2,1-3H3,(H,18,19). The first-order chi connectivity index (χ1) is 9.62. The van der Waals surface area contributed by atoms with Crippen molar-refractivity contribution in [1.29, 1.82) is 0 Å². The Hall–Kier alpha value is -1.30. The molecular weight excluding hydrogens is 272 g/mol. The first-order valence-corrected chi connectivity index (χ1v) is 7.58. The summed E-state index contributed by atoms with van der Waals surface area (Å²) >= 11 is 0. The van der Waals surface area contributed by atoms with Crippen molar-refractivity contribution in [1.82, 2.24) is 4.90 Å². The molecule has 1 aliphatic carbocycles. The number of rotatable bonds is 2. The molecule has 21 heavy (non-hydrogen) atoms. The van der Waals surface area contributed by atoms with E-state index in [1.807, 2.05) is 20.8 Å². The average Bonchev–Trinajstić information content (AvgIpc) is 2.33. The fraction of sp³-hybridized carbons (Fsp3) is 0.867. The lowest BCUT2D eigenvalue weighted by Crippen LogP contribution is -2.54. The number of nitrogens with two attached hydrogens (primary N) is 1. The van der Waals surface area contributed by atoms with Crippen molar-refractivity contribution < 1.29 is 19.4 Å². The highest BCUT2D eigenvalue weighted by atomic mass is 16.6. The van der Waals surface area contributed by atoms with E-state index >= 15 is 0 Å². The van der Waals surface area contributed by atoms with Crippen LogP contribution >= 0.6 is 0 Å². The Morgan fingerprint density at radius 2 is 1.81 bits per heavy atom. The summed E-state index contributed by atoms with van der Waals surface area (Å²) in [5.74, 6) is -0.836. The minimum Gasteiger partial charge on any atom is -0.480 e. The van der Waals surface area contributed by atoms with Gasteiger partial charge in [0.1, 0.15) is 11.6 Å². The monoisotopic (exact) mass is 298 g/mol. The molecule has 1 unspecified atom stereocenters. The Labute approximate surface area is 125 Å². The Balaban J connectivity index is 1.80. The molecule has 1 atom stereocenters. The number of carboxylic acids is 1. The number of carbonyl (C=O) groups is 2. The second-order valence-electron chi connectivity index (χ2n) is 7.50. The lowest BCUT2D eigenvalue weighted by Gasteiger charge is -2.53. The SMILES string of the molecule is CC(C)(C)OC(=O)N1CCC2(CC1)CC(C(N)C(=O)O)C2. The van der Waals surface area contributed by atoms with E-state index in [-0.39, 0.29) is 17.4 Å². The lowest BCUT2D eigenvalue weighted by molar-refractivity contribution is -0.143. The van der Waals surface area contributed by atoms with Gasteiger partial charge < -0.3 is 20.5 Å². The molecule has 1 saturated heterocycles. The van der Waals surface area contributed by atoms with Gasteiger partial charge in [0.2, 0.25) is 0 Å².